The zero-order chi connectivity index (χ0) is 38.0. The molecule has 0 atom stereocenters. The number of fused-ring (bicyclic) bond motifs is 3. The number of hydrogen-bond donors (Lipinski definition) is 2. The number of rotatable bonds is 9. The molecule has 10 rings (SSSR count). The minimum Gasteiger partial charge on any atom is -0.355 e. The molecule has 10 aromatic rings. The second-order valence-corrected chi connectivity index (χ2v) is 15.4. The molecule has 3 heteroatoms. The molecule has 1 aromatic heterocycles. The van der Waals surface area contributed by atoms with Gasteiger partial charge in [-0.25, -0.2) is 0 Å². The molecule has 0 aliphatic rings. The highest BCUT2D eigenvalue weighted by molar-refractivity contribution is 7.26. The first-order chi connectivity index (χ1) is 28.2. The Bertz CT molecular complexity index is 3000. The van der Waals surface area contributed by atoms with Crippen LogP contribution in [0.2, 0.25) is 0 Å². The van der Waals surface area contributed by atoms with Crippen molar-refractivity contribution in [2.75, 3.05) is 10.6 Å². The monoisotopic (exact) mass is 746 g/mol. The van der Waals surface area contributed by atoms with Crippen LogP contribution in [0.1, 0.15) is 0 Å². The fraction of sp³-hybridized carbons (Fsp3) is 0. The molecule has 0 saturated carbocycles. The van der Waals surface area contributed by atoms with Gasteiger partial charge in [-0.15, -0.1) is 11.3 Å². The molecule has 2 N–H and O–H groups in total. The predicted molar refractivity (Wildman–Crippen MR) is 246 cm³/mol. The molecule has 0 spiro atoms. The number of anilines is 4. The van der Waals surface area contributed by atoms with Crippen LogP contribution in [0.5, 0.6) is 0 Å². The molecule has 0 amide bonds. The van der Waals surface area contributed by atoms with Crippen LogP contribution in [0.4, 0.5) is 22.7 Å². The van der Waals surface area contributed by atoms with Crippen molar-refractivity contribution < 1.29 is 0 Å². The van der Waals surface area contributed by atoms with E-state index in [1.165, 1.54) is 53.6 Å². The lowest BCUT2D eigenvalue weighted by atomic mass is 9.94. The Labute approximate surface area is 337 Å². The van der Waals surface area contributed by atoms with E-state index in [0.717, 1.165) is 45.0 Å². The van der Waals surface area contributed by atoms with Gasteiger partial charge >= 0.3 is 0 Å². The first kappa shape index (κ1) is 34.3. The molecule has 270 valence electrons. The van der Waals surface area contributed by atoms with Crippen molar-refractivity contribution in [3.63, 3.8) is 0 Å². The van der Waals surface area contributed by atoms with Crippen molar-refractivity contribution in [1.82, 2.24) is 0 Å². The lowest BCUT2D eigenvalue weighted by molar-refractivity contribution is 1.51. The van der Waals surface area contributed by atoms with Crippen LogP contribution in [0.3, 0.4) is 0 Å². The maximum Gasteiger partial charge on any atom is 0.0464 e. The summed E-state index contributed by atoms with van der Waals surface area (Å²) in [5.74, 6) is 0. The summed E-state index contributed by atoms with van der Waals surface area (Å²) in [4.78, 5) is 0. The van der Waals surface area contributed by atoms with Gasteiger partial charge in [0.2, 0.25) is 0 Å². The van der Waals surface area contributed by atoms with E-state index < -0.39 is 0 Å². The van der Waals surface area contributed by atoms with Crippen molar-refractivity contribution in [2.24, 2.45) is 0 Å². The lowest BCUT2D eigenvalue weighted by Crippen LogP contribution is -1.95. The van der Waals surface area contributed by atoms with E-state index in [4.69, 9.17) is 0 Å². The Morgan fingerprint density at radius 1 is 0.281 bits per heavy atom. The van der Waals surface area contributed by atoms with Crippen LogP contribution >= 0.6 is 11.3 Å². The van der Waals surface area contributed by atoms with E-state index in [9.17, 15) is 0 Å². The number of benzene rings is 9. The maximum atomic E-state index is 3.84. The van der Waals surface area contributed by atoms with Crippen molar-refractivity contribution in [2.45, 2.75) is 0 Å². The van der Waals surface area contributed by atoms with Crippen molar-refractivity contribution in [3.05, 3.63) is 218 Å². The molecule has 0 fully saturated rings. The van der Waals surface area contributed by atoms with Crippen LogP contribution in [0.15, 0.2) is 218 Å². The van der Waals surface area contributed by atoms with Gasteiger partial charge in [-0.1, -0.05) is 164 Å². The summed E-state index contributed by atoms with van der Waals surface area (Å²) in [6.07, 6.45) is 0. The Morgan fingerprint density at radius 2 is 0.807 bits per heavy atom. The largest absolute Gasteiger partial charge is 0.355 e. The van der Waals surface area contributed by atoms with E-state index in [0.29, 0.717) is 0 Å². The zero-order valence-corrected chi connectivity index (χ0v) is 32.0. The van der Waals surface area contributed by atoms with Crippen LogP contribution in [-0.4, -0.2) is 0 Å². The molecule has 0 aliphatic heterocycles. The van der Waals surface area contributed by atoms with Gasteiger partial charge in [-0.3, -0.25) is 0 Å². The van der Waals surface area contributed by atoms with E-state index in [2.05, 4.69) is 229 Å². The highest BCUT2D eigenvalue weighted by Gasteiger charge is 2.16. The zero-order valence-electron chi connectivity index (χ0n) is 31.2. The molecule has 2 nitrogen and oxygen atoms in total. The molecule has 0 radical (unpaired) electrons. The molecule has 0 bridgehead atoms. The van der Waals surface area contributed by atoms with Crippen molar-refractivity contribution in [3.8, 4) is 55.6 Å². The molecule has 0 aliphatic carbocycles. The Kier molecular flexibility index (Phi) is 9.11. The highest BCUT2D eigenvalue weighted by atomic mass is 32.1. The van der Waals surface area contributed by atoms with E-state index in [1.54, 1.807) is 0 Å². The Balaban J connectivity index is 1.03. The standard InChI is InChI=1S/C54H38N2S/c1-3-14-37(15-4-1)39-28-31-44(32-29-39)55-51-26-9-7-22-46(51)43-20-11-18-40(34-43)42-30-33-52(56-45-21-12-19-41(35-45)38-16-5-2-6-17-38)50(36-42)49-25-13-24-48-47-23-8-10-27-53(47)57-54(48)49/h1-36,55-56H. The van der Waals surface area contributed by atoms with Crippen LogP contribution in [-0.2, 0) is 0 Å². The summed E-state index contributed by atoms with van der Waals surface area (Å²) >= 11 is 1.87. The van der Waals surface area contributed by atoms with Crippen LogP contribution < -0.4 is 10.6 Å². The first-order valence-corrected chi connectivity index (χ1v) is 20.1. The second kappa shape index (κ2) is 15.1. The van der Waals surface area contributed by atoms with Gasteiger partial charge in [-0.2, -0.15) is 0 Å². The normalized spacial score (nSPS) is 11.2. The predicted octanol–water partition coefficient (Wildman–Crippen LogP) is 15.9. The van der Waals surface area contributed by atoms with E-state index >= 15 is 0 Å². The minimum atomic E-state index is 1.05. The molecule has 0 saturated heterocycles. The molecular weight excluding hydrogens is 709 g/mol. The van der Waals surface area contributed by atoms with E-state index in [1.807, 2.05) is 11.3 Å². The summed E-state index contributed by atoms with van der Waals surface area (Å²) in [6, 6.07) is 78.2. The topological polar surface area (TPSA) is 24.1 Å². The maximum absolute atomic E-state index is 3.84. The summed E-state index contributed by atoms with van der Waals surface area (Å²) in [7, 11) is 0. The van der Waals surface area contributed by atoms with Gasteiger partial charge in [0.05, 0.1) is 0 Å². The van der Waals surface area contributed by atoms with Gasteiger partial charge in [0.25, 0.3) is 0 Å². The summed E-state index contributed by atoms with van der Waals surface area (Å²) in [5, 5.41) is 10.1. The number of thiophene rings is 1. The first-order valence-electron chi connectivity index (χ1n) is 19.3. The number of hydrogen-bond acceptors (Lipinski definition) is 3. The van der Waals surface area contributed by atoms with E-state index in [-0.39, 0.29) is 0 Å². The van der Waals surface area contributed by atoms with Crippen LogP contribution in [0, 0.1) is 0 Å². The SMILES string of the molecule is c1ccc(-c2ccc(Nc3ccccc3-c3cccc(-c4ccc(Nc5cccc(-c6ccccc6)c5)c(-c5cccc6c5sc5ccccc56)c4)c3)cc2)cc1. The summed E-state index contributed by atoms with van der Waals surface area (Å²) < 4.78 is 2.59. The van der Waals surface area contributed by atoms with Gasteiger partial charge in [0.15, 0.2) is 0 Å². The van der Waals surface area contributed by atoms with Crippen molar-refractivity contribution >= 4 is 54.3 Å². The molecule has 1 heterocycles. The summed E-state index contributed by atoms with van der Waals surface area (Å²) in [5.41, 5.74) is 16.1. The fourth-order valence-corrected chi connectivity index (χ4v) is 9.05. The smallest absolute Gasteiger partial charge is 0.0464 e. The average molecular weight is 747 g/mol. The third-order valence-electron chi connectivity index (χ3n) is 10.7. The van der Waals surface area contributed by atoms with Gasteiger partial charge in [0, 0.05) is 59.6 Å². The molecule has 57 heavy (non-hydrogen) atoms. The molecule has 0 unspecified atom stereocenters. The van der Waals surface area contributed by atoms with Crippen LogP contribution in [0.25, 0.3) is 75.8 Å². The minimum absolute atomic E-state index is 1.05. The molecular formula is C54H38N2S. The summed E-state index contributed by atoms with van der Waals surface area (Å²) in [6.45, 7) is 0. The van der Waals surface area contributed by atoms with Crippen molar-refractivity contribution in [1.29, 1.82) is 0 Å². The van der Waals surface area contributed by atoms with Gasteiger partial charge in [-0.05, 0) is 93.5 Å². The Morgan fingerprint density at radius 3 is 1.63 bits per heavy atom. The third kappa shape index (κ3) is 6.97. The number of nitrogens with one attached hydrogen (secondary N) is 2. The van der Waals surface area contributed by atoms with Gasteiger partial charge in [0.1, 0.15) is 0 Å². The van der Waals surface area contributed by atoms with Gasteiger partial charge < -0.3 is 10.6 Å². The lowest BCUT2D eigenvalue weighted by Gasteiger charge is -2.17. The highest BCUT2D eigenvalue weighted by Crippen LogP contribution is 2.44. The Hall–Kier alpha value is -7.20. The third-order valence-corrected chi connectivity index (χ3v) is 11.9. The number of para-hydroxylation sites is 1. The quantitative estimate of drug-likeness (QED) is 0.154. The fourth-order valence-electron chi connectivity index (χ4n) is 7.82. The average Bonchev–Trinajstić information content (AvgIpc) is 3.67. The molecule has 9 aromatic carbocycles. The second-order valence-electron chi connectivity index (χ2n) is 14.3.